The zero-order valence-corrected chi connectivity index (χ0v) is 12.8. The smallest absolute Gasteiger partial charge is 0.244 e. The van der Waals surface area contributed by atoms with Crippen molar-refractivity contribution in [2.45, 2.75) is 12.8 Å². The van der Waals surface area contributed by atoms with Crippen molar-refractivity contribution in [3.8, 4) is 0 Å². The fourth-order valence-corrected chi connectivity index (χ4v) is 2.43. The maximum Gasteiger partial charge on any atom is 0.244 e. The number of aliphatic hydroxyl groups is 1. The van der Waals surface area contributed by atoms with Gasteiger partial charge in [-0.1, -0.05) is 23.7 Å². The highest BCUT2D eigenvalue weighted by atomic mass is 35.5. The Bertz CT molecular complexity index is 739. The van der Waals surface area contributed by atoms with Crippen molar-refractivity contribution >= 4 is 34.5 Å². The molecule has 5 heteroatoms. The first-order valence-electron chi connectivity index (χ1n) is 7.23. The number of halogens is 1. The topological polar surface area (TPSA) is 62.2 Å². The van der Waals surface area contributed by atoms with Gasteiger partial charge in [0, 0.05) is 28.4 Å². The Morgan fingerprint density at radius 2 is 2.14 bits per heavy atom. The molecule has 0 saturated heterocycles. The van der Waals surface area contributed by atoms with Crippen molar-refractivity contribution in [3.63, 3.8) is 0 Å². The lowest BCUT2D eigenvalue weighted by molar-refractivity contribution is -0.116. The minimum atomic E-state index is -0.173. The van der Waals surface area contributed by atoms with Crippen LogP contribution in [-0.4, -0.2) is 29.1 Å². The van der Waals surface area contributed by atoms with Gasteiger partial charge in [-0.3, -0.25) is 4.79 Å². The first-order valence-corrected chi connectivity index (χ1v) is 7.61. The lowest BCUT2D eigenvalue weighted by Gasteiger charge is -2.11. The second-order valence-electron chi connectivity index (χ2n) is 5.78. The average Bonchev–Trinajstić information content (AvgIpc) is 3.31. The number of rotatable bonds is 5. The van der Waals surface area contributed by atoms with E-state index in [2.05, 4.69) is 10.3 Å². The van der Waals surface area contributed by atoms with Gasteiger partial charge in [0.15, 0.2) is 0 Å². The molecule has 1 aliphatic carbocycles. The molecule has 2 N–H and O–H groups in total. The Hall–Kier alpha value is -1.91. The molecule has 0 aliphatic heterocycles. The molecule has 0 radical (unpaired) electrons. The number of hydrogen-bond donors (Lipinski definition) is 2. The molecule has 22 heavy (non-hydrogen) atoms. The van der Waals surface area contributed by atoms with E-state index in [0.29, 0.717) is 17.3 Å². The standard InChI is InChI=1S/C17H17ClN2O2/c18-13-3-1-12-2-4-14(20-15(12)9-13)5-6-16(22)19-10-17(11-21)7-8-17/h1-6,9,21H,7-8,10-11H2,(H,19,22)/b6-5+. The predicted octanol–water partition coefficient (Wildman–Crippen LogP) is 2.79. The molecule has 114 valence electrons. The van der Waals surface area contributed by atoms with Crippen LogP contribution < -0.4 is 5.32 Å². The maximum absolute atomic E-state index is 11.8. The first-order chi connectivity index (χ1) is 10.6. The second kappa shape index (κ2) is 6.07. The summed E-state index contributed by atoms with van der Waals surface area (Å²) in [6.07, 6.45) is 5.08. The van der Waals surface area contributed by atoms with Gasteiger partial charge in [0.2, 0.25) is 5.91 Å². The highest BCUT2D eigenvalue weighted by Gasteiger charge is 2.41. The van der Waals surface area contributed by atoms with Gasteiger partial charge in [-0.15, -0.1) is 0 Å². The predicted molar refractivity (Wildman–Crippen MR) is 87.5 cm³/mol. The zero-order valence-electron chi connectivity index (χ0n) is 12.1. The van der Waals surface area contributed by atoms with Crippen LogP contribution in [0.5, 0.6) is 0 Å². The largest absolute Gasteiger partial charge is 0.396 e. The van der Waals surface area contributed by atoms with Crippen LogP contribution in [0.4, 0.5) is 0 Å². The molecule has 0 unspecified atom stereocenters. The Morgan fingerprint density at radius 1 is 1.36 bits per heavy atom. The van der Waals surface area contributed by atoms with Crippen molar-refractivity contribution in [2.24, 2.45) is 5.41 Å². The van der Waals surface area contributed by atoms with Crippen LogP contribution in [-0.2, 0) is 4.79 Å². The molecule has 1 saturated carbocycles. The third-order valence-corrected chi connectivity index (χ3v) is 4.25. The Balaban J connectivity index is 1.65. The Labute approximate surface area is 133 Å². The first kappa shape index (κ1) is 15.0. The molecule has 4 nitrogen and oxygen atoms in total. The molecule has 0 atom stereocenters. The number of nitrogens with zero attached hydrogens (tertiary/aromatic N) is 1. The van der Waals surface area contributed by atoms with E-state index < -0.39 is 0 Å². The number of carbonyl (C=O) groups excluding carboxylic acids is 1. The summed E-state index contributed by atoms with van der Waals surface area (Å²) in [6, 6.07) is 9.34. The van der Waals surface area contributed by atoms with E-state index >= 15 is 0 Å². The van der Waals surface area contributed by atoms with Gasteiger partial charge < -0.3 is 10.4 Å². The molecule has 0 spiro atoms. The summed E-state index contributed by atoms with van der Waals surface area (Å²) in [6.45, 7) is 0.650. The van der Waals surface area contributed by atoms with Crippen molar-refractivity contribution in [1.82, 2.24) is 10.3 Å². The van der Waals surface area contributed by atoms with Gasteiger partial charge in [-0.25, -0.2) is 4.98 Å². The lowest BCUT2D eigenvalue weighted by Crippen LogP contribution is -2.30. The minimum Gasteiger partial charge on any atom is -0.396 e. The third kappa shape index (κ3) is 3.46. The fourth-order valence-electron chi connectivity index (χ4n) is 2.26. The van der Waals surface area contributed by atoms with E-state index in [0.717, 1.165) is 23.7 Å². The monoisotopic (exact) mass is 316 g/mol. The van der Waals surface area contributed by atoms with Crippen LogP contribution in [0.3, 0.4) is 0 Å². The number of aliphatic hydroxyl groups excluding tert-OH is 1. The minimum absolute atomic E-state index is 0.0819. The summed E-state index contributed by atoms with van der Waals surface area (Å²) in [5, 5.41) is 13.7. The van der Waals surface area contributed by atoms with E-state index in [-0.39, 0.29) is 17.9 Å². The van der Waals surface area contributed by atoms with Crippen LogP contribution in [0.2, 0.25) is 5.02 Å². The molecule has 1 aliphatic rings. The van der Waals surface area contributed by atoms with Crippen LogP contribution in [0.25, 0.3) is 17.0 Å². The van der Waals surface area contributed by atoms with Gasteiger partial charge >= 0.3 is 0 Å². The van der Waals surface area contributed by atoms with Gasteiger partial charge in [0.1, 0.15) is 0 Å². The number of nitrogens with one attached hydrogen (secondary N) is 1. The second-order valence-corrected chi connectivity index (χ2v) is 6.22. The lowest BCUT2D eigenvalue weighted by atomic mass is 10.1. The van der Waals surface area contributed by atoms with Crippen molar-refractivity contribution in [2.75, 3.05) is 13.2 Å². The summed E-state index contributed by atoms with van der Waals surface area (Å²) in [5.41, 5.74) is 1.42. The summed E-state index contributed by atoms with van der Waals surface area (Å²) in [5.74, 6) is -0.173. The van der Waals surface area contributed by atoms with Crippen molar-refractivity contribution in [1.29, 1.82) is 0 Å². The molecule has 1 aromatic heterocycles. The number of amides is 1. The number of hydrogen-bond acceptors (Lipinski definition) is 3. The van der Waals surface area contributed by atoms with Crippen LogP contribution in [0.1, 0.15) is 18.5 Å². The van der Waals surface area contributed by atoms with Crippen molar-refractivity contribution in [3.05, 3.63) is 47.1 Å². The number of carbonyl (C=O) groups is 1. The number of fused-ring (bicyclic) bond motifs is 1. The molecule has 0 bridgehead atoms. The maximum atomic E-state index is 11.8. The van der Waals surface area contributed by atoms with E-state index in [9.17, 15) is 9.90 Å². The molecule has 2 aromatic rings. The van der Waals surface area contributed by atoms with Gasteiger partial charge in [0.25, 0.3) is 0 Å². The molecular weight excluding hydrogens is 300 g/mol. The molecular formula is C17H17ClN2O2. The summed E-state index contributed by atoms with van der Waals surface area (Å²) < 4.78 is 0. The Morgan fingerprint density at radius 3 is 2.86 bits per heavy atom. The normalized spacial score (nSPS) is 16.1. The van der Waals surface area contributed by atoms with Crippen LogP contribution in [0, 0.1) is 5.41 Å². The van der Waals surface area contributed by atoms with E-state index in [1.807, 2.05) is 24.3 Å². The van der Waals surface area contributed by atoms with E-state index in [4.69, 9.17) is 11.6 Å². The molecule has 1 amide bonds. The van der Waals surface area contributed by atoms with Crippen molar-refractivity contribution < 1.29 is 9.90 Å². The van der Waals surface area contributed by atoms with Crippen LogP contribution in [0.15, 0.2) is 36.4 Å². The molecule has 1 aromatic carbocycles. The Kier molecular flexibility index (Phi) is 4.14. The summed E-state index contributed by atoms with van der Waals surface area (Å²) >= 11 is 5.96. The van der Waals surface area contributed by atoms with Gasteiger partial charge in [0.05, 0.1) is 17.8 Å². The molecule has 1 heterocycles. The van der Waals surface area contributed by atoms with E-state index in [1.165, 1.54) is 6.08 Å². The van der Waals surface area contributed by atoms with E-state index in [1.54, 1.807) is 12.1 Å². The van der Waals surface area contributed by atoms with Crippen LogP contribution >= 0.6 is 11.6 Å². The SMILES string of the molecule is O=C(/C=C/c1ccc2ccc(Cl)cc2n1)NCC1(CO)CC1. The fraction of sp³-hybridized carbons (Fsp3) is 0.294. The third-order valence-electron chi connectivity index (χ3n) is 4.01. The molecule has 1 fully saturated rings. The zero-order chi connectivity index (χ0) is 15.6. The van der Waals surface area contributed by atoms with Gasteiger partial charge in [-0.2, -0.15) is 0 Å². The number of pyridine rings is 1. The summed E-state index contributed by atoms with van der Waals surface area (Å²) in [4.78, 5) is 16.3. The highest BCUT2D eigenvalue weighted by Crippen LogP contribution is 2.44. The highest BCUT2D eigenvalue weighted by molar-refractivity contribution is 6.31. The summed E-state index contributed by atoms with van der Waals surface area (Å²) in [7, 11) is 0. The number of aromatic nitrogens is 1. The molecule has 3 rings (SSSR count). The quantitative estimate of drug-likeness (QED) is 0.834. The average molecular weight is 317 g/mol. The van der Waals surface area contributed by atoms with Gasteiger partial charge in [-0.05, 0) is 37.1 Å². The number of benzene rings is 1.